The Labute approximate surface area is 101 Å². The van der Waals surface area contributed by atoms with Crippen LogP contribution in [-0.2, 0) is 0 Å². The van der Waals surface area contributed by atoms with E-state index < -0.39 is 0 Å². The molecule has 0 aliphatic heterocycles. The topological polar surface area (TPSA) is 20.2 Å². The van der Waals surface area contributed by atoms with Gasteiger partial charge in [0, 0.05) is 0 Å². The van der Waals surface area contributed by atoms with Crippen LogP contribution in [0.5, 0.6) is 0 Å². The van der Waals surface area contributed by atoms with Crippen LogP contribution in [0.15, 0.2) is 12.2 Å². The average molecular weight is 224 g/mol. The molecule has 1 rings (SSSR count). The Kier molecular flexibility index (Phi) is 6.12. The van der Waals surface area contributed by atoms with Crippen molar-refractivity contribution in [2.24, 2.45) is 11.8 Å². The van der Waals surface area contributed by atoms with Gasteiger partial charge in [-0.1, -0.05) is 52.5 Å². The molecule has 0 amide bonds. The molecule has 1 fully saturated rings. The average Bonchev–Trinajstić information content (AvgIpc) is 2.35. The van der Waals surface area contributed by atoms with E-state index in [1.165, 1.54) is 32.1 Å². The van der Waals surface area contributed by atoms with Crippen LogP contribution in [0.2, 0.25) is 0 Å². The highest BCUT2D eigenvalue weighted by Crippen LogP contribution is 2.34. The Balaban J connectivity index is 2.38. The molecule has 1 N–H and O–H groups in total. The zero-order valence-electron chi connectivity index (χ0n) is 11.0. The van der Waals surface area contributed by atoms with Crippen molar-refractivity contribution in [1.29, 1.82) is 0 Å². The zero-order chi connectivity index (χ0) is 12.0. The first-order chi connectivity index (χ1) is 7.66. The fourth-order valence-corrected chi connectivity index (χ4v) is 2.82. The van der Waals surface area contributed by atoms with Crippen molar-refractivity contribution < 1.29 is 5.11 Å². The quantitative estimate of drug-likeness (QED) is 0.667. The number of hydrogen-bond donors (Lipinski definition) is 1. The monoisotopic (exact) mass is 224 g/mol. The number of rotatable bonds is 6. The summed E-state index contributed by atoms with van der Waals surface area (Å²) < 4.78 is 0. The van der Waals surface area contributed by atoms with E-state index in [9.17, 15) is 5.11 Å². The Morgan fingerprint density at radius 2 is 1.94 bits per heavy atom. The summed E-state index contributed by atoms with van der Waals surface area (Å²) in [7, 11) is 0. The fourth-order valence-electron chi connectivity index (χ4n) is 2.82. The molecule has 1 aliphatic rings. The van der Waals surface area contributed by atoms with Crippen molar-refractivity contribution in [3.05, 3.63) is 12.2 Å². The van der Waals surface area contributed by atoms with Crippen molar-refractivity contribution in [3.8, 4) is 0 Å². The Hall–Kier alpha value is -0.300. The molecule has 0 spiro atoms. The molecule has 0 aromatic rings. The molecule has 0 heterocycles. The Morgan fingerprint density at radius 1 is 1.31 bits per heavy atom. The van der Waals surface area contributed by atoms with Crippen molar-refractivity contribution >= 4 is 0 Å². The smallest absolute Gasteiger partial charge is 0.0750 e. The summed E-state index contributed by atoms with van der Waals surface area (Å²) in [5, 5.41) is 10.1. The Morgan fingerprint density at radius 3 is 2.50 bits per heavy atom. The molecule has 16 heavy (non-hydrogen) atoms. The van der Waals surface area contributed by atoms with Crippen LogP contribution in [0.25, 0.3) is 0 Å². The molecule has 1 unspecified atom stereocenters. The molecule has 0 aromatic carbocycles. The summed E-state index contributed by atoms with van der Waals surface area (Å²) >= 11 is 0. The predicted octanol–water partition coefficient (Wildman–Crippen LogP) is 4.31. The van der Waals surface area contributed by atoms with Crippen LogP contribution >= 0.6 is 0 Å². The molecule has 1 aliphatic carbocycles. The lowest BCUT2D eigenvalue weighted by Gasteiger charge is -2.31. The van der Waals surface area contributed by atoms with E-state index in [2.05, 4.69) is 20.4 Å². The van der Waals surface area contributed by atoms with E-state index >= 15 is 0 Å². The highest BCUT2D eigenvalue weighted by Gasteiger charge is 2.24. The summed E-state index contributed by atoms with van der Waals surface area (Å²) in [6.45, 7) is 8.56. The van der Waals surface area contributed by atoms with Gasteiger partial charge in [-0.25, -0.2) is 0 Å². The van der Waals surface area contributed by atoms with Crippen LogP contribution in [0.3, 0.4) is 0 Å². The second-order valence-corrected chi connectivity index (χ2v) is 5.42. The minimum Gasteiger partial charge on any atom is -0.389 e. The van der Waals surface area contributed by atoms with Crippen molar-refractivity contribution in [2.45, 2.75) is 71.3 Å². The first kappa shape index (κ1) is 13.8. The number of aliphatic hydroxyl groups excluding tert-OH is 1. The van der Waals surface area contributed by atoms with E-state index in [1.807, 2.05) is 0 Å². The van der Waals surface area contributed by atoms with Crippen molar-refractivity contribution in [3.63, 3.8) is 0 Å². The second-order valence-electron chi connectivity index (χ2n) is 5.42. The van der Waals surface area contributed by atoms with Gasteiger partial charge >= 0.3 is 0 Å². The molecule has 1 heteroatoms. The van der Waals surface area contributed by atoms with E-state index in [1.54, 1.807) is 0 Å². The van der Waals surface area contributed by atoms with E-state index in [0.717, 1.165) is 30.8 Å². The molecule has 1 nitrogen and oxygen atoms in total. The third-order valence-corrected chi connectivity index (χ3v) is 4.20. The summed E-state index contributed by atoms with van der Waals surface area (Å²) in [5.74, 6) is 1.28. The van der Waals surface area contributed by atoms with E-state index in [0.29, 0.717) is 5.92 Å². The zero-order valence-corrected chi connectivity index (χ0v) is 11.0. The first-order valence-corrected chi connectivity index (χ1v) is 7.03. The highest BCUT2D eigenvalue weighted by molar-refractivity contribution is 5.07. The molecule has 0 aromatic heterocycles. The summed E-state index contributed by atoms with van der Waals surface area (Å²) in [6.07, 6.45) is 9.69. The van der Waals surface area contributed by atoms with Gasteiger partial charge in [-0.05, 0) is 36.7 Å². The standard InChI is InChI=1S/C15H28O/c1-4-5-11-15(16)13(3)12(2)14-9-7-6-8-10-14/h12,14-16H,3-11H2,1-2H3/t12-,15?/m0/s1. The van der Waals surface area contributed by atoms with Gasteiger partial charge in [0.15, 0.2) is 0 Å². The molecule has 1 saturated carbocycles. The first-order valence-electron chi connectivity index (χ1n) is 7.03. The summed E-state index contributed by atoms with van der Waals surface area (Å²) in [5.41, 5.74) is 1.08. The van der Waals surface area contributed by atoms with Crippen molar-refractivity contribution in [1.82, 2.24) is 0 Å². The minimum atomic E-state index is -0.267. The molecule has 94 valence electrons. The molecule has 0 radical (unpaired) electrons. The van der Waals surface area contributed by atoms with E-state index in [-0.39, 0.29) is 6.10 Å². The van der Waals surface area contributed by atoms with Gasteiger partial charge in [0.25, 0.3) is 0 Å². The van der Waals surface area contributed by atoms with Gasteiger partial charge in [0.05, 0.1) is 6.10 Å². The number of aliphatic hydroxyl groups is 1. The van der Waals surface area contributed by atoms with Crippen LogP contribution < -0.4 is 0 Å². The summed E-state index contributed by atoms with van der Waals surface area (Å²) in [4.78, 5) is 0. The predicted molar refractivity (Wildman–Crippen MR) is 70.4 cm³/mol. The maximum atomic E-state index is 10.1. The van der Waals surface area contributed by atoms with Gasteiger partial charge in [-0.2, -0.15) is 0 Å². The normalized spacial score (nSPS) is 21.7. The van der Waals surface area contributed by atoms with Crippen LogP contribution in [0, 0.1) is 11.8 Å². The number of hydrogen-bond acceptors (Lipinski definition) is 1. The van der Waals surface area contributed by atoms with Gasteiger partial charge in [-0.3, -0.25) is 0 Å². The molecular formula is C15H28O. The van der Waals surface area contributed by atoms with Crippen LogP contribution in [0.4, 0.5) is 0 Å². The minimum absolute atomic E-state index is 0.267. The maximum Gasteiger partial charge on any atom is 0.0750 e. The SMILES string of the molecule is C=C(C(O)CCCC)[C@H](C)C1CCCCC1. The summed E-state index contributed by atoms with van der Waals surface area (Å²) in [6, 6.07) is 0. The van der Waals surface area contributed by atoms with Gasteiger partial charge in [0.2, 0.25) is 0 Å². The number of unbranched alkanes of at least 4 members (excludes halogenated alkanes) is 1. The van der Waals surface area contributed by atoms with E-state index in [4.69, 9.17) is 0 Å². The third-order valence-electron chi connectivity index (χ3n) is 4.20. The lowest BCUT2D eigenvalue weighted by Crippen LogP contribution is -2.23. The largest absolute Gasteiger partial charge is 0.389 e. The molecular weight excluding hydrogens is 196 g/mol. The highest BCUT2D eigenvalue weighted by atomic mass is 16.3. The third kappa shape index (κ3) is 3.93. The fraction of sp³-hybridized carbons (Fsp3) is 0.867. The molecule has 0 bridgehead atoms. The second kappa shape index (κ2) is 7.11. The van der Waals surface area contributed by atoms with Crippen LogP contribution in [-0.4, -0.2) is 11.2 Å². The van der Waals surface area contributed by atoms with Gasteiger partial charge in [-0.15, -0.1) is 0 Å². The maximum absolute atomic E-state index is 10.1. The Bertz CT molecular complexity index is 203. The van der Waals surface area contributed by atoms with Crippen LogP contribution in [0.1, 0.15) is 65.2 Å². The lowest BCUT2D eigenvalue weighted by molar-refractivity contribution is 0.168. The molecule has 0 saturated heterocycles. The molecule has 2 atom stereocenters. The lowest BCUT2D eigenvalue weighted by atomic mass is 9.76. The van der Waals surface area contributed by atoms with Crippen molar-refractivity contribution in [2.75, 3.05) is 0 Å². The van der Waals surface area contributed by atoms with Gasteiger partial charge < -0.3 is 5.11 Å². The van der Waals surface area contributed by atoms with Gasteiger partial charge in [0.1, 0.15) is 0 Å².